The van der Waals surface area contributed by atoms with Gasteiger partial charge in [0.05, 0.1) is 6.21 Å². The van der Waals surface area contributed by atoms with Gasteiger partial charge in [-0.3, -0.25) is 0 Å². The van der Waals surface area contributed by atoms with E-state index in [0.717, 1.165) is 5.56 Å². The molecule has 2 aromatic carbocycles. The average Bonchev–Trinajstić information content (AvgIpc) is 2.31. The standard InChI is InChI=1S/C15H16N2/c1-11-3-8-15(12(2)9-11)14-6-4-13(5-7-14)10-17-16/h3-10H,16H2,1-2H3. The molecule has 0 saturated heterocycles. The van der Waals surface area contributed by atoms with Crippen LogP contribution in [0.2, 0.25) is 0 Å². The highest BCUT2D eigenvalue weighted by Crippen LogP contribution is 2.24. The van der Waals surface area contributed by atoms with Crippen LogP contribution in [0.15, 0.2) is 47.6 Å². The molecule has 0 spiro atoms. The molecule has 0 radical (unpaired) electrons. The molecule has 0 atom stereocenters. The highest BCUT2D eigenvalue weighted by atomic mass is 15.1. The summed E-state index contributed by atoms with van der Waals surface area (Å²) in [6.07, 6.45) is 1.64. The van der Waals surface area contributed by atoms with E-state index in [4.69, 9.17) is 5.84 Å². The second-order valence-electron chi connectivity index (χ2n) is 4.22. The molecule has 2 heteroatoms. The zero-order valence-electron chi connectivity index (χ0n) is 10.1. The van der Waals surface area contributed by atoms with Crippen molar-refractivity contribution in [2.24, 2.45) is 10.9 Å². The van der Waals surface area contributed by atoms with Gasteiger partial charge in [0, 0.05) is 0 Å². The number of hydrazone groups is 1. The van der Waals surface area contributed by atoms with Gasteiger partial charge in [-0.1, -0.05) is 48.0 Å². The third kappa shape index (κ3) is 2.53. The van der Waals surface area contributed by atoms with Gasteiger partial charge >= 0.3 is 0 Å². The Balaban J connectivity index is 2.39. The fourth-order valence-electron chi connectivity index (χ4n) is 1.97. The molecule has 86 valence electrons. The maximum Gasteiger partial charge on any atom is 0.0538 e. The van der Waals surface area contributed by atoms with Gasteiger partial charge in [0.15, 0.2) is 0 Å². The summed E-state index contributed by atoms with van der Waals surface area (Å²) >= 11 is 0. The molecule has 0 aliphatic heterocycles. The summed E-state index contributed by atoms with van der Waals surface area (Å²) in [5, 5.41) is 3.51. The molecule has 0 heterocycles. The van der Waals surface area contributed by atoms with Crippen LogP contribution in [-0.4, -0.2) is 6.21 Å². The number of benzene rings is 2. The predicted molar refractivity (Wildman–Crippen MR) is 73.1 cm³/mol. The normalized spacial score (nSPS) is 10.9. The molecule has 2 nitrogen and oxygen atoms in total. The fraction of sp³-hybridized carbons (Fsp3) is 0.133. The smallest absolute Gasteiger partial charge is 0.0538 e. The summed E-state index contributed by atoms with van der Waals surface area (Å²) in [6, 6.07) is 14.7. The summed E-state index contributed by atoms with van der Waals surface area (Å²) in [7, 11) is 0. The fourth-order valence-corrected chi connectivity index (χ4v) is 1.97. The van der Waals surface area contributed by atoms with Crippen LogP contribution in [0.3, 0.4) is 0 Å². The minimum Gasteiger partial charge on any atom is -0.323 e. The number of hydrogen-bond donors (Lipinski definition) is 1. The quantitative estimate of drug-likeness (QED) is 0.474. The molecule has 0 aliphatic rings. The number of nitrogens with two attached hydrogens (primary N) is 1. The minimum atomic E-state index is 1.01. The van der Waals surface area contributed by atoms with E-state index in [1.165, 1.54) is 22.3 Å². The van der Waals surface area contributed by atoms with Crippen molar-refractivity contribution in [3.05, 3.63) is 59.2 Å². The van der Waals surface area contributed by atoms with E-state index in [1.807, 2.05) is 12.1 Å². The SMILES string of the molecule is Cc1ccc(-c2ccc(C=NN)cc2)c(C)c1. The monoisotopic (exact) mass is 224 g/mol. The van der Waals surface area contributed by atoms with E-state index in [2.05, 4.69) is 49.3 Å². The van der Waals surface area contributed by atoms with Crippen LogP contribution in [-0.2, 0) is 0 Å². The van der Waals surface area contributed by atoms with Gasteiger partial charge in [0.1, 0.15) is 0 Å². The summed E-state index contributed by atoms with van der Waals surface area (Å²) in [4.78, 5) is 0. The van der Waals surface area contributed by atoms with Crippen molar-refractivity contribution in [1.29, 1.82) is 0 Å². The molecule has 0 bridgehead atoms. The number of aryl methyl sites for hydroxylation is 2. The van der Waals surface area contributed by atoms with Crippen LogP contribution in [0.5, 0.6) is 0 Å². The Morgan fingerprint density at radius 2 is 1.71 bits per heavy atom. The Morgan fingerprint density at radius 3 is 2.29 bits per heavy atom. The van der Waals surface area contributed by atoms with Crippen LogP contribution < -0.4 is 5.84 Å². The third-order valence-electron chi connectivity index (χ3n) is 2.83. The zero-order valence-corrected chi connectivity index (χ0v) is 10.1. The Kier molecular flexibility index (Phi) is 3.24. The molecular formula is C15H16N2. The summed E-state index contributed by atoms with van der Waals surface area (Å²) < 4.78 is 0. The van der Waals surface area contributed by atoms with Crippen molar-refractivity contribution < 1.29 is 0 Å². The molecule has 0 unspecified atom stereocenters. The molecular weight excluding hydrogens is 208 g/mol. The maximum atomic E-state index is 5.12. The lowest BCUT2D eigenvalue weighted by Gasteiger charge is -2.07. The van der Waals surface area contributed by atoms with Crippen LogP contribution >= 0.6 is 0 Å². The average molecular weight is 224 g/mol. The van der Waals surface area contributed by atoms with Gasteiger partial charge in [-0.2, -0.15) is 5.10 Å². The molecule has 2 rings (SSSR count). The first-order valence-electron chi connectivity index (χ1n) is 5.61. The predicted octanol–water partition coefficient (Wildman–Crippen LogP) is 3.26. The Bertz CT molecular complexity index is 539. The van der Waals surface area contributed by atoms with E-state index < -0.39 is 0 Å². The number of nitrogens with zero attached hydrogens (tertiary/aromatic N) is 1. The first-order chi connectivity index (χ1) is 8.20. The van der Waals surface area contributed by atoms with Gasteiger partial charge in [-0.05, 0) is 36.1 Å². The summed E-state index contributed by atoms with van der Waals surface area (Å²) in [5.41, 5.74) is 6.09. The number of hydrogen-bond acceptors (Lipinski definition) is 2. The second kappa shape index (κ2) is 4.83. The Morgan fingerprint density at radius 1 is 1.00 bits per heavy atom. The highest BCUT2D eigenvalue weighted by Gasteiger charge is 2.01. The van der Waals surface area contributed by atoms with E-state index in [0.29, 0.717) is 0 Å². The first-order valence-corrected chi connectivity index (χ1v) is 5.61. The van der Waals surface area contributed by atoms with Gasteiger partial charge in [0.2, 0.25) is 0 Å². The number of rotatable bonds is 2. The van der Waals surface area contributed by atoms with Gasteiger partial charge in [0.25, 0.3) is 0 Å². The molecule has 0 aromatic heterocycles. The Labute approximate surface area is 102 Å². The van der Waals surface area contributed by atoms with Crippen LogP contribution in [0.25, 0.3) is 11.1 Å². The third-order valence-corrected chi connectivity index (χ3v) is 2.83. The molecule has 0 aliphatic carbocycles. The van der Waals surface area contributed by atoms with Crippen molar-refractivity contribution in [2.75, 3.05) is 0 Å². The molecule has 0 fully saturated rings. The largest absolute Gasteiger partial charge is 0.323 e. The first kappa shape index (κ1) is 11.4. The summed E-state index contributed by atoms with van der Waals surface area (Å²) in [5.74, 6) is 5.12. The van der Waals surface area contributed by atoms with E-state index >= 15 is 0 Å². The van der Waals surface area contributed by atoms with Gasteiger partial charge in [-0.15, -0.1) is 0 Å². The minimum absolute atomic E-state index is 1.01. The van der Waals surface area contributed by atoms with Crippen molar-refractivity contribution in [3.63, 3.8) is 0 Å². The molecule has 17 heavy (non-hydrogen) atoms. The molecule has 0 amide bonds. The van der Waals surface area contributed by atoms with E-state index in [9.17, 15) is 0 Å². The van der Waals surface area contributed by atoms with E-state index in [1.54, 1.807) is 6.21 Å². The van der Waals surface area contributed by atoms with Crippen molar-refractivity contribution >= 4 is 6.21 Å². The second-order valence-corrected chi connectivity index (χ2v) is 4.22. The lowest BCUT2D eigenvalue weighted by Crippen LogP contribution is -1.88. The zero-order chi connectivity index (χ0) is 12.3. The Hall–Kier alpha value is -2.09. The molecule has 2 aromatic rings. The summed E-state index contributed by atoms with van der Waals surface area (Å²) in [6.45, 7) is 4.25. The van der Waals surface area contributed by atoms with Crippen molar-refractivity contribution in [1.82, 2.24) is 0 Å². The van der Waals surface area contributed by atoms with Crippen molar-refractivity contribution in [2.45, 2.75) is 13.8 Å². The highest BCUT2D eigenvalue weighted by molar-refractivity contribution is 5.81. The topological polar surface area (TPSA) is 38.4 Å². The molecule has 2 N–H and O–H groups in total. The van der Waals surface area contributed by atoms with Gasteiger partial charge in [-0.25, -0.2) is 0 Å². The molecule has 0 saturated carbocycles. The maximum absolute atomic E-state index is 5.12. The lowest BCUT2D eigenvalue weighted by atomic mass is 9.98. The van der Waals surface area contributed by atoms with Crippen LogP contribution in [0, 0.1) is 13.8 Å². The lowest BCUT2D eigenvalue weighted by molar-refractivity contribution is 1.26. The van der Waals surface area contributed by atoms with Gasteiger partial charge < -0.3 is 5.84 Å². The van der Waals surface area contributed by atoms with Crippen molar-refractivity contribution in [3.8, 4) is 11.1 Å². The van der Waals surface area contributed by atoms with E-state index in [-0.39, 0.29) is 0 Å². The van der Waals surface area contributed by atoms with Crippen LogP contribution in [0.1, 0.15) is 16.7 Å². The van der Waals surface area contributed by atoms with Crippen LogP contribution in [0.4, 0.5) is 0 Å².